The van der Waals surface area contributed by atoms with E-state index < -0.39 is 14.9 Å². The first-order valence-electron chi connectivity index (χ1n) is 16.8. The van der Waals surface area contributed by atoms with Crippen LogP contribution in [0.1, 0.15) is 35.0 Å². The second-order valence-electron chi connectivity index (χ2n) is 12.6. The second kappa shape index (κ2) is 14.1. The van der Waals surface area contributed by atoms with E-state index in [1.807, 2.05) is 73.1 Å². The Morgan fingerprint density at radius 3 is 2.22 bits per heavy atom. The van der Waals surface area contributed by atoms with Crippen molar-refractivity contribution in [2.45, 2.75) is 46.3 Å². The molecule has 0 amide bonds. The predicted molar refractivity (Wildman–Crippen MR) is 192 cm³/mol. The van der Waals surface area contributed by atoms with Crippen molar-refractivity contribution in [1.82, 2.24) is 9.97 Å². The summed E-state index contributed by atoms with van der Waals surface area (Å²) in [6.45, 7) is 9.24. The van der Waals surface area contributed by atoms with Gasteiger partial charge in [-0.1, -0.05) is 105 Å². The van der Waals surface area contributed by atoms with Crippen LogP contribution in [0.15, 0.2) is 120 Å². The molecule has 0 N–H and O–H groups in total. The van der Waals surface area contributed by atoms with E-state index in [-0.39, 0.29) is 20.1 Å². The van der Waals surface area contributed by atoms with E-state index in [1.165, 1.54) is 10.8 Å². The van der Waals surface area contributed by atoms with Gasteiger partial charge in [-0.15, -0.1) is 59.7 Å². The molecule has 0 aliphatic rings. The zero-order valence-electron chi connectivity index (χ0n) is 29.7. The number of fused-ring (bicyclic) bond motifs is 3. The fraction of sp³-hybridized carbons (Fsp3) is 0.171. The largest absolute Gasteiger partial charge is 0.500 e. The first-order valence-corrected chi connectivity index (χ1v) is 18.8. The molecule has 0 spiro atoms. The molecule has 7 aromatic rings. The van der Waals surface area contributed by atoms with Gasteiger partial charge in [-0.05, 0) is 52.6 Å². The average Bonchev–Trinajstić information content (AvgIpc) is 3.45. The Labute approximate surface area is 291 Å². The number of aromatic nitrogens is 2. The number of furan rings is 1. The Balaban J connectivity index is 0.000000233. The van der Waals surface area contributed by atoms with E-state index in [9.17, 15) is 0 Å². The minimum absolute atomic E-state index is 0. The van der Waals surface area contributed by atoms with Gasteiger partial charge in [0.15, 0.2) is 0 Å². The Bertz CT molecular complexity index is 2170. The smallest absolute Gasteiger partial charge is 0.121 e. The molecule has 3 heterocycles. The van der Waals surface area contributed by atoms with Gasteiger partial charge in [-0.25, -0.2) is 0 Å². The molecule has 7 rings (SSSR count). The molecule has 0 unspecified atom stereocenters. The molecule has 0 aliphatic carbocycles. The molecule has 0 fully saturated rings. The number of benzene rings is 4. The first kappa shape index (κ1) is 29.3. The number of hydrogen-bond acceptors (Lipinski definition) is 3. The van der Waals surface area contributed by atoms with Gasteiger partial charge in [-0.3, -0.25) is 0 Å². The molecule has 0 atom stereocenters. The number of rotatable bonds is 5. The van der Waals surface area contributed by atoms with E-state index >= 15 is 0 Å². The Morgan fingerprint density at radius 1 is 0.739 bits per heavy atom. The fourth-order valence-corrected chi connectivity index (χ4v) is 6.25. The van der Waals surface area contributed by atoms with E-state index in [2.05, 4.69) is 85.9 Å². The number of pyridine rings is 2. The van der Waals surface area contributed by atoms with E-state index in [0.29, 0.717) is 11.5 Å². The fourth-order valence-electron chi connectivity index (χ4n) is 5.21. The molecule has 0 bridgehead atoms. The maximum Gasteiger partial charge on any atom is 0.121 e. The first-order chi connectivity index (χ1) is 22.9. The van der Waals surface area contributed by atoms with Crippen LogP contribution in [-0.2, 0) is 20.1 Å². The zero-order valence-corrected chi connectivity index (χ0v) is 30.1. The monoisotopic (exact) mass is 798 g/mol. The number of aryl methyl sites for hydroxylation is 1. The molecule has 1 radical (unpaired) electrons. The minimum Gasteiger partial charge on any atom is -0.500 e. The summed E-state index contributed by atoms with van der Waals surface area (Å²) in [6.07, 6.45) is 3.86. The van der Waals surface area contributed by atoms with E-state index in [4.69, 9.17) is 8.53 Å². The molecule has 233 valence electrons. The molecule has 0 saturated carbocycles. The van der Waals surface area contributed by atoms with Crippen LogP contribution in [0.5, 0.6) is 0 Å². The zero-order chi connectivity index (χ0) is 34.1. The van der Waals surface area contributed by atoms with E-state index in [0.717, 1.165) is 55.6 Å². The molecule has 0 aliphatic heterocycles. The summed E-state index contributed by atoms with van der Waals surface area (Å²) in [5.41, 5.74) is 8.97. The third-order valence-corrected chi connectivity index (χ3v) is 9.99. The van der Waals surface area contributed by atoms with Crippen molar-refractivity contribution in [3.05, 3.63) is 139 Å². The second-order valence-corrected chi connectivity index (χ2v) is 17.7. The van der Waals surface area contributed by atoms with Crippen LogP contribution in [0.25, 0.3) is 55.6 Å². The Kier molecular flexibility index (Phi) is 8.96. The molecule has 5 heteroatoms. The molecular weight excluding hydrogens is 757 g/mol. The standard InChI is InChI=1S/C27H22NO.C14H16NSi.Ir/c1-17(2)20-12-13-28-25(15-20)22-9-11-26-24(14-22)23-10-8-21(16-27(23)29-26)19-6-4-18(3)5-7-19;1-16(2,3)13-9-10-14(15-11-13)12-7-5-4-6-8-12;/h4-8,10-17H,1-3H3;4-7,9-11H,1-3H3;/q2*-1;/i3D3;;. The van der Waals surface area contributed by atoms with Crippen LogP contribution in [0.3, 0.4) is 0 Å². The summed E-state index contributed by atoms with van der Waals surface area (Å²) in [5, 5.41) is 3.44. The average molecular weight is 798 g/mol. The van der Waals surface area contributed by atoms with Gasteiger partial charge in [0.1, 0.15) is 5.58 Å². The van der Waals surface area contributed by atoms with Crippen molar-refractivity contribution >= 4 is 35.2 Å². The van der Waals surface area contributed by atoms with Crippen molar-refractivity contribution in [2.24, 2.45) is 0 Å². The molecular formula is C41H38IrN2OSi-2. The normalized spacial score (nSPS) is 12.5. The molecule has 46 heavy (non-hydrogen) atoms. The van der Waals surface area contributed by atoms with Gasteiger partial charge in [-0.2, -0.15) is 0 Å². The van der Waals surface area contributed by atoms with Crippen LogP contribution < -0.4 is 5.19 Å². The minimum atomic E-state index is -2.10. The van der Waals surface area contributed by atoms with Crippen LogP contribution >= 0.6 is 0 Å². The quantitative estimate of drug-likeness (QED) is 0.129. The van der Waals surface area contributed by atoms with Crippen molar-refractivity contribution in [3.63, 3.8) is 0 Å². The van der Waals surface area contributed by atoms with Crippen LogP contribution in [0, 0.1) is 19.0 Å². The number of hydrogen-bond donors (Lipinski definition) is 0. The van der Waals surface area contributed by atoms with Gasteiger partial charge in [0.25, 0.3) is 0 Å². The summed E-state index contributed by atoms with van der Waals surface area (Å²) in [4.78, 5) is 9.06. The predicted octanol–water partition coefficient (Wildman–Crippen LogP) is 10.6. The maximum absolute atomic E-state index is 7.54. The van der Waals surface area contributed by atoms with Gasteiger partial charge < -0.3 is 14.4 Å². The van der Waals surface area contributed by atoms with Crippen molar-refractivity contribution < 1.29 is 28.6 Å². The SMILES string of the molecule is C[Si](C)(C)c1ccc(-c2[c-]cccc2)nc1.[2H]C([2H])([2H])c1ccc(-c2ccc3c(c2)oc2c[c-]c(-c4cc(C(C)C)ccn4)cc23)cc1.[Ir]. The van der Waals surface area contributed by atoms with Gasteiger partial charge >= 0.3 is 0 Å². The summed E-state index contributed by atoms with van der Waals surface area (Å²) in [7, 11) is -1.23. The van der Waals surface area contributed by atoms with E-state index in [1.54, 1.807) is 12.1 Å². The van der Waals surface area contributed by atoms with Crippen LogP contribution in [-0.4, -0.2) is 18.0 Å². The number of nitrogens with zero attached hydrogens (tertiary/aromatic N) is 2. The van der Waals surface area contributed by atoms with Crippen LogP contribution in [0.2, 0.25) is 19.6 Å². The molecule has 4 aromatic carbocycles. The molecule has 3 aromatic heterocycles. The summed E-state index contributed by atoms with van der Waals surface area (Å²) in [6, 6.07) is 39.9. The van der Waals surface area contributed by atoms with Gasteiger partial charge in [0.05, 0.1) is 13.7 Å². The molecule has 0 saturated heterocycles. The van der Waals surface area contributed by atoms with Crippen molar-refractivity contribution in [2.75, 3.05) is 0 Å². The summed E-state index contributed by atoms with van der Waals surface area (Å²) in [5.74, 6) is 0.433. The maximum atomic E-state index is 7.54. The summed E-state index contributed by atoms with van der Waals surface area (Å²) >= 11 is 0. The van der Waals surface area contributed by atoms with Crippen LogP contribution in [0.4, 0.5) is 0 Å². The molecule has 3 nitrogen and oxygen atoms in total. The Hall–Kier alpha value is -4.15. The third kappa shape index (κ3) is 7.45. The van der Waals surface area contributed by atoms with Crippen molar-refractivity contribution in [3.8, 4) is 33.6 Å². The Morgan fingerprint density at radius 2 is 1.54 bits per heavy atom. The topological polar surface area (TPSA) is 38.9 Å². The van der Waals surface area contributed by atoms with Gasteiger partial charge in [0.2, 0.25) is 0 Å². The van der Waals surface area contributed by atoms with Crippen molar-refractivity contribution in [1.29, 1.82) is 0 Å². The summed E-state index contributed by atoms with van der Waals surface area (Å²) < 4.78 is 28.7. The third-order valence-electron chi connectivity index (χ3n) is 7.96. The van der Waals surface area contributed by atoms with Gasteiger partial charge in [0, 0.05) is 42.0 Å².